The summed E-state index contributed by atoms with van der Waals surface area (Å²) >= 11 is 0. The molecule has 0 unspecified atom stereocenters. The molecule has 0 radical (unpaired) electrons. The fraction of sp³-hybridized carbons (Fsp3) is 0.235. The number of sulfonamides is 1. The Labute approximate surface area is 253 Å². The molecule has 222 valence electrons. The van der Waals surface area contributed by atoms with Crippen LogP contribution >= 0.6 is 0 Å². The van der Waals surface area contributed by atoms with E-state index >= 15 is 0 Å². The van der Waals surface area contributed by atoms with Gasteiger partial charge in [0, 0.05) is 28.6 Å². The molecule has 0 atom stereocenters. The third kappa shape index (κ3) is 6.79. The Kier molecular flexibility index (Phi) is 9.23. The van der Waals surface area contributed by atoms with Crippen molar-refractivity contribution in [2.45, 2.75) is 39.0 Å². The lowest BCUT2D eigenvalue weighted by molar-refractivity contribution is 0.287. The summed E-state index contributed by atoms with van der Waals surface area (Å²) in [6, 6.07) is 26.9. The molecule has 0 bridgehead atoms. The van der Waals surface area contributed by atoms with Crippen molar-refractivity contribution in [3.05, 3.63) is 102 Å². The fourth-order valence-electron chi connectivity index (χ4n) is 4.95. The van der Waals surface area contributed by atoms with E-state index in [1.165, 1.54) is 0 Å². The predicted octanol–water partition coefficient (Wildman–Crippen LogP) is 6.98. The highest BCUT2D eigenvalue weighted by Crippen LogP contribution is 2.33. The average molecular weight is 597 g/mol. The van der Waals surface area contributed by atoms with Gasteiger partial charge in [-0.05, 0) is 75.1 Å². The number of benzene rings is 4. The molecular formula is C34H36N4O4S. The lowest BCUT2D eigenvalue weighted by Gasteiger charge is -2.15. The third-order valence-electron chi connectivity index (χ3n) is 7.15. The maximum Gasteiger partial charge on any atom is 0.240 e. The molecule has 1 heterocycles. The summed E-state index contributed by atoms with van der Waals surface area (Å²) in [5.41, 5.74) is 4.91. The van der Waals surface area contributed by atoms with E-state index in [2.05, 4.69) is 20.2 Å². The highest BCUT2D eigenvalue weighted by molar-refractivity contribution is 7.89. The Balaban J connectivity index is 1.39. The van der Waals surface area contributed by atoms with Crippen LogP contribution in [0.2, 0.25) is 0 Å². The summed E-state index contributed by atoms with van der Waals surface area (Å²) in [5.74, 6) is 1.97. The van der Waals surface area contributed by atoms with Crippen LogP contribution in [-0.4, -0.2) is 38.4 Å². The van der Waals surface area contributed by atoms with Gasteiger partial charge in [-0.15, -0.1) is 10.2 Å². The SMILES string of the molecule is CCOc1ccc(CCNS(=O)(=O)c2cc(-c3nnc(Nc4ccccc4C)c4ccccc34)ccc2C)cc1OCC. The molecule has 0 aliphatic carbocycles. The van der Waals surface area contributed by atoms with Gasteiger partial charge in [0.25, 0.3) is 0 Å². The number of fused-ring (bicyclic) bond motifs is 1. The third-order valence-corrected chi connectivity index (χ3v) is 8.75. The predicted molar refractivity (Wildman–Crippen MR) is 172 cm³/mol. The summed E-state index contributed by atoms with van der Waals surface area (Å²) in [5, 5.41) is 14.2. The first kappa shape index (κ1) is 30.0. The normalized spacial score (nSPS) is 11.4. The van der Waals surface area contributed by atoms with Crippen molar-refractivity contribution in [2.75, 3.05) is 25.1 Å². The zero-order valence-electron chi connectivity index (χ0n) is 24.8. The van der Waals surface area contributed by atoms with Crippen LogP contribution in [0.5, 0.6) is 11.5 Å². The van der Waals surface area contributed by atoms with Crippen molar-refractivity contribution in [3.8, 4) is 22.8 Å². The number of rotatable bonds is 12. The van der Waals surface area contributed by atoms with Crippen LogP contribution in [0.1, 0.15) is 30.5 Å². The second-order valence-corrected chi connectivity index (χ2v) is 11.9. The maximum absolute atomic E-state index is 13.5. The molecular weight excluding hydrogens is 560 g/mol. The average Bonchev–Trinajstić information content (AvgIpc) is 3.00. The summed E-state index contributed by atoms with van der Waals surface area (Å²) < 4.78 is 41.1. The molecule has 43 heavy (non-hydrogen) atoms. The lowest BCUT2D eigenvalue weighted by atomic mass is 10.0. The highest BCUT2D eigenvalue weighted by atomic mass is 32.2. The molecule has 1 aromatic heterocycles. The van der Waals surface area contributed by atoms with E-state index in [4.69, 9.17) is 9.47 Å². The van der Waals surface area contributed by atoms with Gasteiger partial charge in [-0.1, -0.05) is 60.7 Å². The molecule has 0 aliphatic rings. The van der Waals surface area contributed by atoms with Gasteiger partial charge in [0.1, 0.15) is 5.69 Å². The molecule has 0 spiro atoms. The van der Waals surface area contributed by atoms with Crippen molar-refractivity contribution >= 4 is 32.3 Å². The van der Waals surface area contributed by atoms with Crippen LogP contribution in [0.15, 0.2) is 89.8 Å². The molecule has 0 aliphatic heterocycles. The van der Waals surface area contributed by atoms with Crippen LogP contribution in [0, 0.1) is 13.8 Å². The van der Waals surface area contributed by atoms with Gasteiger partial charge in [0.15, 0.2) is 17.3 Å². The first-order chi connectivity index (χ1) is 20.8. The van der Waals surface area contributed by atoms with E-state index in [0.29, 0.717) is 53.8 Å². The second kappa shape index (κ2) is 13.2. The van der Waals surface area contributed by atoms with Crippen molar-refractivity contribution in [2.24, 2.45) is 0 Å². The van der Waals surface area contributed by atoms with Crippen molar-refractivity contribution in [1.82, 2.24) is 14.9 Å². The van der Waals surface area contributed by atoms with E-state index in [1.54, 1.807) is 19.1 Å². The number of nitrogens with zero attached hydrogens (tertiary/aromatic N) is 2. The zero-order valence-corrected chi connectivity index (χ0v) is 25.7. The summed E-state index contributed by atoms with van der Waals surface area (Å²) in [6.45, 7) is 8.93. The van der Waals surface area contributed by atoms with E-state index in [1.807, 2.05) is 93.6 Å². The molecule has 5 aromatic rings. The molecule has 0 fully saturated rings. The number of nitrogens with one attached hydrogen (secondary N) is 2. The van der Waals surface area contributed by atoms with E-state index < -0.39 is 10.0 Å². The van der Waals surface area contributed by atoms with Crippen LogP contribution in [0.25, 0.3) is 22.0 Å². The first-order valence-electron chi connectivity index (χ1n) is 14.4. The minimum atomic E-state index is -3.80. The van der Waals surface area contributed by atoms with Crippen molar-refractivity contribution < 1.29 is 17.9 Å². The highest BCUT2D eigenvalue weighted by Gasteiger charge is 2.20. The Morgan fingerprint density at radius 3 is 2.23 bits per heavy atom. The Morgan fingerprint density at radius 2 is 1.47 bits per heavy atom. The molecule has 0 saturated heterocycles. The van der Waals surface area contributed by atoms with Crippen LogP contribution < -0.4 is 19.5 Å². The van der Waals surface area contributed by atoms with Gasteiger partial charge in [-0.2, -0.15) is 0 Å². The molecule has 4 aromatic carbocycles. The monoisotopic (exact) mass is 596 g/mol. The minimum Gasteiger partial charge on any atom is -0.490 e. The number of ether oxygens (including phenoxy) is 2. The van der Waals surface area contributed by atoms with Gasteiger partial charge in [-0.25, -0.2) is 13.1 Å². The molecule has 8 nitrogen and oxygen atoms in total. The number of para-hydroxylation sites is 1. The zero-order chi connectivity index (χ0) is 30.4. The van der Waals surface area contributed by atoms with E-state index in [0.717, 1.165) is 27.6 Å². The largest absolute Gasteiger partial charge is 0.490 e. The van der Waals surface area contributed by atoms with Gasteiger partial charge in [-0.3, -0.25) is 0 Å². The lowest BCUT2D eigenvalue weighted by Crippen LogP contribution is -2.26. The van der Waals surface area contributed by atoms with Gasteiger partial charge >= 0.3 is 0 Å². The molecule has 9 heteroatoms. The Morgan fingerprint density at radius 1 is 0.744 bits per heavy atom. The van der Waals surface area contributed by atoms with Crippen LogP contribution in [-0.2, 0) is 16.4 Å². The van der Waals surface area contributed by atoms with Crippen LogP contribution in [0.4, 0.5) is 11.5 Å². The van der Waals surface area contributed by atoms with Gasteiger partial charge < -0.3 is 14.8 Å². The van der Waals surface area contributed by atoms with E-state index in [-0.39, 0.29) is 11.4 Å². The smallest absolute Gasteiger partial charge is 0.240 e. The molecule has 5 rings (SSSR count). The Hall–Kier alpha value is -4.47. The number of aryl methyl sites for hydroxylation is 2. The summed E-state index contributed by atoms with van der Waals surface area (Å²) in [6.07, 6.45) is 0.496. The van der Waals surface area contributed by atoms with Gasteiger partial charge in [0.05, 0.1) is 18.1 Å². The second-order valence-electron chi connectivity index (χ2n) is 10.2. The Bertz CT molecular complexity index is 1860. The first-order valence-corrected chi connectivity index (χ1v) is 15.9. The number of aromatic nitrogens is 2. The standard InChI is InChI=1S/C34H36N4O4S/c1-5-41-30-18-16-25(21-31(30)42-6-2)19-20-35-43(39,40)32-22-26(17-15-24(32)4)33-27-12-8-9-13-28(27)34(38-37-33)36-29-14-10-7-11-23(29)3/h7-18,21-22,35H,5-6,19-20H2,1-4H3,(H,36,38). The van der Waals surface area contributed by atoms with Gasteiger partial charge in [0.2, 0.25) is 10.0 Å². The molecule has 0 saturated carbocycles. The summed E-state index contributed by atoms with van der Waals surface area (Å²) in [7, 11) is -3.80. The number of hydrogen-bond acceptors (Lipinski definition) is 7. The van der Waals surface area contributed by atoms with Crippen LogP contribution in [0.3, 0.4) is 0 Å². The minimum absolute atomic E-state index is 0.208. The topological polar surface area (TPSA) is 102 Å². The maximum atomic E-state index is 13.5. The van der Waals surface area contributed by atoms with E-state index in [9.17, 15) is 8.42 Å². The summed E-state index contributed by atoms with van der Waals surface area (Å²) in [4.78, 5) is 0.208. The number of hydrogen-bond donors (Lipinski definition) is 2. The van der Waals surface area contributed by atoms with Crippen molar-refractivity contribution in [3.63, 3.8) is 0 Å². The fourth-order valence-corrected chi connectivity index (χ4v) is 6.25. The molecule has 2 N–H and O–H groups in total. The number of anilines is 2. The van der Waals surface area contributed by atoms with Crippen molar-refractivity contribution in [1.29, 1.82) is 0 Å². The quantitative estimate of drug-likeness (QED) is 0.160. The molecule has 0 amide bonds.